The number of hydrogen-bond donors (Lipinski definition) is 1. The van der Waals surface area contributed by atoms with E-state index in [1.165, 1.54) is 0 Å². The van der Waals surface area contributed by atoms with Crippen LogP contribution in [0.15, 0.2) is 55.3 Å². The molecule has 0 aliphatic carbocycles. The van der Waals surface area contributed by atoms with Gasteiger partial charge in [-0.1, -0.05) is 55.0 Å². The van der Waals surface area contributed by atoms with Gasteiger partial charge < -0.3 is 9.45 Å². The molecule has 4 rings (SSSR count). The van der Waals surface area contributed by atoms with E-state index in [0.717, 1.165) is 39.8 Å². The second-order valence-corrected chi connectivity index (χ2v) is 15.6. The highest BCUT2D eigenvalue weighted by Crippen LogP contribution is 2.48. The van der Waals surface area contributed by atoms with Crippen molar-refractivity contribution in [2.45, 2.75) is 37.1 Å². The summed E-state index contributed by atoms with van der Waals surface area (Å²) in [5.74, 6) is -0.657. The number of benzene rings is 2. The Bertz CT molecular complexity index is 1550. The Morgan fingerprint density at radius 3 is 2.41 bits per heavy atom. The number of hydrogen-bond acceptors (Lipinski definition) is 8. The van der Waals surface area contributed by atoms with Crippen molar-refractivity contribution in [1.29, 1.82) is 0 Å². The molecule has 14 heteroatoms. The SMILES string of the molecule is O=S(=O)([O-])CCCCN1/C(=C/c2sc3ccc(Br)cc3[n+]2CCCCS(=O)(=O)O)Sc2ccc(Br)cc21. The maximum atomic E-state index is 11.2. The van der Waals surface area contributed by atoms with Gasteiger partial charge in [-0.25, -0.2) is 8.42 Å². The van der Waals surface area contributed by atoms with Crippen LogP contribution in [0.25, 0.3) is 16.3 Å². The molecule has 0 atom stereocenters. The monoisotopic (exact) mass is 710 g/mol. The summed E-state index contributed by atoms with van der Waals surface area (Å²) in [6.45, 7) is 1.14. The van der Waals surface area contributed by atoms with E-state index in [0.29, 0.717) is 32.4 Å². The molecule has 2 heterocycles. The second-order valence-electron chi connectivity index (χ2n) is 8.51. The van der Waals surface area contributed by atoms with E-state index in [1.807, 2.05) is 36.4 Å². The van der Waals surface area contributed by atoms with Gasteiger partial charge in [0.05, 0.1) is 32.7 Å². The van der Waals surface area contributed by atoms with Crippen molar-refractivity contribution in [3.05, 3.63) is 55.4 Å². The van der Waals surface area contributed by atoms with Gasteiger partial charge in [0.25, 0.3) is 15.1 Å². The van der Waals surface area contributed by atoms with Crippen LogP contribution in [0.5, 0.6) is 0 Å². The van der Waals surface area contributed by atoms with Crippen LogP contribution < -0.4 is 9.47 Å². The Kier molecular flexibility index (Phi) is 9.42. The van der Waals surface area contributed by atoms with Gasteiger partial charge >= 0.3 is 0 Å². The van der Waals surface area contributed by atoms with Gasteiger partial charge in [0, 0.05) is 38.6 Å². The molecule has 0 radical (unpaired) electrons. The van der Waals surface area contributed by atoms with E-state index in [-0.39, 0.29) is 17.9 Å². The minimum Gasteiger partial charge on any atom is -0.748 e. The van der Waals surface area contributed by atoms with Crippen LogP contribution in [-0.2, 0) is 26.8 Å². The Morgan fingerprint density at radius 1 is 0.973 bits per heavy atom. The third-order valence-corrected chi connectivity index (χ3v) is 10.5. The lowest BCUT2D eigenvalue weighted by Gasteiger charge is -2.20. The molecule has 1 N–H and O–H groups in total. The molecule has 0 saturated heterocycles. The normalized spacial score (nSPS) is 15.1. The van der Waals surface area contributed by atoms with Gasteiger partial charge in [-0.15, -0.1) is 0 Å². The van der Waals surface area contributed by atoms with Gasteiger partial charge in [0.15, 0.2) is 6.54 Å². The maximum Gasteiger partial charge on any atom is 0.265 e. The van der Waals surface area contributed by atoms with Crippen LogP contribution in [0.2, 0.25) is 0 Å². The van der Waals surface area contributed by atoms with Crippen molar-refractivity contribution in [1.82, 2.24) is 0 Å². The Hall–Kier alpha value is -1.00. The number of rotatable bonds is 11. The number of aryl methyl sites for hydroxylation is 1. The summed E-state index contributed by atoms with van der Waals surface area (Å²) in [6, 6.07) is 12.1. The fourth-order valence-electron chi connectivity index (χ4n) is 4.03. The lowest BCUT2D eigenvalue weighted by Crippen LogP contribution is -2.35. The van der Waals surface area contributed by atoms with Crippen molar-refractivity contribution in [2.24, 2.45) is 0 Å². The van der Waals surface area contributed by atoms with Gasteiger partial charge in [0.2, 0.25) is 5.52 Å². The molecule has 0 spiro atoms. The van der Waals surface area contributed by atoms with E-state index in [1.54, 1.807) is 23.1 Å². The molecule has 200 valence electrons. The number of aromatic nitrogens is 1. The van der Waals surface area contributed by atoms with E-state index >= 15 is 0 Å². The van der Waals surface area contributed by atoms with Crippen molar-refractivity contribution in [2.75, 3.05) is 23.0 Å². The van der Waals surface area contributed by atoms with Crippen molar-refractivity contribution in [3.63, 3.8) is 0 Å². The van der Waals surface area contributed by atoms with Gasteiger partial charge in [-0.3, -0.25) is 4.55 Å². The third kappa shape index (κ3) is 8.01. The fraction of sp³-hybridized carbons (Fsp3) is 0.348. The molecule has 2 aromatic carbocycles. The predicted octanol–water partition coefficient (Wildman–Crippen LogP) is 5.62. The zero-order valence-corrected chi connectivity index (χ0v) is 25.9. The van der Waals surface area contributed by atoms with Crippen LogP contribution in [0.4, 0.5) is 5.69 Å². The first kappa shape index (κ1) is 29.0. The van der Waals surface area contributed by atoms with Crippen LogP contribution in [0.1, 0.15) is 30.7 Å². The van der Waals surface area contributed by atoms with Crippen LogP contribution in [-0.4, -0.2) is 44.0 Å². The minimum absolute atomic E-state index is 0.275. The van der Waals surface area contributed by atoms with E-state index in [2.05, 4.69) is 47.4 Å². The fourth-order valence-corrected chi connectivity index (χ4v) is 8.14. The Morgan fingerprint density at radius 2 is 1.68 bits per heavy atom. The third-order valence-electron chi connectivity index (χ3n) is 5.69. The summed E-state index contributed by atoms with van der Waals surface area (Å²) in [5, 5.41) is 1.97. The molecule has 0 saturated carbocycles. The zero-order chi connectivity index (χ0) is 26.8. The average molecular weight is 713 g/mol. The molecular weight excluding hydrogens is 688 g/mol. The molecule has 0 unspecified atom stereocenters. The highest BCUT2D eigenvalue weighted by atomic mass is 79.9. The largest absolute Gasteiger partial charge is 0.748 e. The standard InChI is InChI=1S/C23H24Br2N2O6S4/c24-16-5-7-20-18(13-16)26(9-1-3-11-36(28,29)30)22(34-20)15-23-27(10-2-4-12-37(31,32)33)19-14-17(25)6-8-21(19)35-23/h5-8,13-15H,1-4,9-12H2,(H-,28,29,30,31,32,33). The van der Waals surface area contributed by atoms with Crippen molar-refractivity contribution in [3.8, 4) is 0 Å². The van der Waals surface area contributed by atoms with Gasteiger partial charge in [-0.2, -0.15) is 13.0 Å². The summed E-state index contributed by atoms with van der Waals surface area (Å²) in [6.07, 6.45) is 3.85. The van der Waals surface area contributed by atoms with Crippen LogP contribution in [0, 0.1) is 0 Å². The number of thioether (sulfide) groups is 1. The predicted molar refractivity (Wildman–Crippen MR) is 154 cm³/mol. The summed E-state index contributed by atoms with van der Waals surface area (Å²) in [7, 11) is -8.25. The first-order chi connectivity index (χ1) is 17.4. The highest BCUT2D eigenvalue weighted by molar-refractivity contribution is 9.10. The first-order valence-corrected chi connectivity index (χ1v) is 17.8. The van der Waals surface area contributed by atoms with Crippen LogP contribution >= 0.6 is 55.0 Å². The number of anilines is 1. The molecule has 37 heavy (non-hydrogen) atoms. The second kappa shape index (κ2) is 12.0. The smallest absolute Gasteiger partial charge is 0.265 e. The molecule has 1 aliphatic heterocycles. The van der Waals surface area contributed by atoms with Crippen LogP contribution in [0.3, 0.4) is 0 Å². The van der Waals surface area contributed by atoms with Gasteiger partial charge in [0.1, 0.15) is 4.70 Å². The lowest BCUT2D eigenvalue weighted by molar-refractivity contribution is -0.669. The van der Waals surface area contributed by atoms with E-state index < -0.39 is 20.2 Å². The highest BCUT2D eigenvalue weighted by Gasteiger charge is 2.28. The topological polar surface area (TPSA) is 119 Å². The lowest BCUT2D eigenvalue weighted by atomic mass is 10.2. The zero-order valence-electron chi connectivity index (χ0n) is 19.5. The Labute approximate surface area is 241 Å². The van der Waals surface area contributed by atoms with Gasteiger partial charge in [-0.05, 0) is 49.6 Å². The maximum absolute atomic E-state index is 11.2. The van der Waals surface area contributed by atoms with E-state index in [9.17, 15) is 21.4 Å². The minimum atomic E-state index is -4.25. The molecule has 0 amide bonds. The number of thiazole rings is 1. The molecule has 1 aromatic heterocycles. The summed E-state index contributed by atoms with van der Waals surface area (Å²) in [5.41, 5.74) is 2.03. The molecule has 1 aliphatic rings. The average Bonchev–Trinajstić information content (AvgIpc) is 3.30. The quantitative estimate of drug-likeness (QED) is 0.155. The number of unbranched alkanes of at least 4 members (excludes halogenated alkanes) is 2. The summed E-state index contributed by atoms with van der Waals surface area (Å²) < 4.78 is 69.6. The number of fused-ring (bicyclic) bond motifs is 2. The molecule has 3 aromatic rings. The van der Waals surface area contributed by atoms with Crippen molar-refractivity contribution >= 4 is 97.2 Å². The van der Waals surface area contributed by atoms with E-state index in [4.69, 9.17) is 4.55 Å². The molecule has 8 nitrogen and oxygen atoms in total. The van der Waals surface area contributed by atoms with Crippen molar-refractivity contribution < 1.29 is 30.5 Å². The Balaban J connectivity index is 1.66. The molecule has 0 fully saturated rings. The summed E-state index contributed by atoms with van der Waals surface area (Å²) >= 11 is 10.3. The number of halogens is 2. The first-order valence-electron chi connectivity index (χ1n) is 11.4. The molecular formula is C23H24Br2N2O6S4. The molecule has 0 bridgehead atoms. The summed E-state index contributed by atoms with van der Waals surface area (Å²) in [4.78, 5) is 3.22. The number of nitrogens with zero attached hydrogens (tertiary/aromatic N) is 2.